The van der Waals surface area contributed by atoms with Gasteiger partial charge in [0, 0.05) is 18.0 Å². The molecule has 3 aromatic rings. The highest BCUT2D eigenvalue weighted by Crippen LogP contribution is 2.27. The number of nitrogens with zero attached hydrogens (tertiary/aromatic N) is 3. The fraction of sp³-hybridized carbons (Fsp3) is 0.300. The Kier molecular flexibility index (Phi) is 8.83. The van der Waals surface area contributed by atoms with E-state index in [-0.39, 0.29) is 24.0 Å². The molecule has 0 radical (unpaired) electrons. The number of hydrogen-bond donors (Lipinski definition) is 2. The minimum Gasteiger partial charge on any atom is -0.492 e. The van der Waals surface area contributed by atoms with Crippen molar-refractivity contribution in [2.24, 2.45) is 0 Å². The first-order valence-electron chi connectivity index (χ1n) is 9.73. The number of hydrogen-bond acceptors (Lipinski definition) is 7. The van der Waals surface area contributed by atoms with E-state index in [2.05, 4.69) is 21.0 Å². The molecule has 170 valence electrons. The Morgan fingerprint density at radius 1 is 1.19 bits per heavy atom. The van der Waals surface area contributed by atoms with Gasteiger partial charge in [-0.2, -0.15) is 0 Å². The van der Waals surface area contributed by atoms with Crippen molar-refractivity contribution in [3.05, 3.63) is 46.6 Å². The van der Waals surface area contributed by atoms with Gasteiger partial charge in [0.25, 0.3) is 0 Å². The van der Waals surface area contributed by atoms with Crippen molar-refractivity contribution < 1.29 is 18.7 Å². The number of carbonyl (C=O) groups is 2. The number of hydrazine groups is 1. The van der Waals surface area contributed by atoms with Gasteiger partial charge in [-0.1, -0.05) is 35.0 Å². The van der Waals surface area contributed by atoms with E-state index in [1.54, 1.807) is 36.6 Å². The third-order valence-corrected chi connectivity index (χ3v) is 5.65. The lowest BCUT2D eigenvalue weighted by molar-refractivity contribution is -0.127. The monoisotopic (exact) mass is 497 g/mol. The second kappa shape index (κ2) is 11.8. The number of nitrogens with one attached hydrogen (secondary N) is 2. The number of halogens is 2. The SMILES string of the molecule is CCn1c(SCC(=O)NNC(=O)CCCOc2ccc(Cl)cc2Cl)nnc1-c1ccco1. The zero-order valence-corrected chi connectivity index (χ0v) is 19.5. The average Bonchev–Trinajstić information content (AvgIpc) is 3.44. The highest BCUT2D eigenvalue weighted by Gasteiger charge is 2.16. The van der Waals surface area contributed by atoms with Crippen molar-refractivity contribution in [2.45, 2.75) is 31.5 Å². The number of ether oxygens (including phenoxy) is 1. The van der Waals surface area contributed by atoms with Crippen LogP contribution in [0.3, 0.4) is 0 Å². The number of amides is 2. The number of furan rings is 1. The summed E-state index contributed by atoms with van der Waals surface area (Å²) in [5.41, 5.74) is 4.77. The van der Waals surface area contributed by atoms with E-state index in [9.17, 15) is 9.59 Å². The van der Waals surface area contributed by atoms with Gasteiger partial charge in [0.05, 0.1) is 23.6 Å². The molecule has 0 saturated heterocycles. The maximum atomic E-state index is 12.1. The van der Waals surface area contributed by atoms with E-state index in [0.717, 1.165) is 0 Å². The second-order valence-corrected chi connectivity index (χ2v) is 8.23. The van der Waals surface area contributed by atoms with Crippen LogP contribution < -0.4 is 15.6 Å². The summed E-state index contributed by atoms with van der Waals surface area (Å²) in [6.45, 7) is 2.86. The lowest BCUT2D eigenvalue weighted by Crippen LogP contribution is -2.42. The van der Waals surface area contributed by atoms with E-state index < -0.39 is 0 Å². The van der Waals surface area contributed by atoms with Gasteiger partial charge >= 0.3 is 0 Å². The molecule has 0 aliphatic carbocycles. The summed E-state index contributed by atoms with van der Waals surface area (Å²) in [4.78, 5) is 24.0. The van der Waals surface area contributed by atoms with Crippen LogP contribution in [0.4, 0.5) is 0 Å². The van der Waals surface area contributed by atoms with Crippen LogP contribution in [-0.2, 0) is 16.1 Å². The minimum absolute atomic E-state index is 0.0642. The van der Waals surface area contributed by atoms with Gasteiger partial charge in [-0.3, -0.25) is 25.0 Å². The molecule has 0 atom stereocenters. The highest BCUT2D eigenvalue weighted by atomic mass is 35.5. The maximum Gasteiger partial charge on any atom is 0.248 e. The van der Waals surface area contributed by atoms with Crippen molar-refractivity contribution in [1.82, 2.24) is 25.6 Å². The normalized spacial score (nSPS) is 10.7. The van der Waals surface area contributed by atoms with Gasteiger partial charge in [-0.05, 0) is 43.7 Å². The average molecular weight is 498 g/mol. The predicted molar refractivity (Wildman–Crippen MR) is 122 cm³/mol. The van der Waals surface area contributed by atoms with Crippen LogP contribution in [0.25, 0.3) is 11.6 Å². The maximum absolute atomic E-state index is 12.1. The predicted octanol–water partition coefficient (Wildman–Crippen LogP) is 3.96. The molecule has 3 rings (SSSR count). The van der Waals surface area contributed by atoms with Crippen molar-refractivity contribution in [3.8, 4) is 17.3 Å². The van der Waals surface area contributed by atoms with Gasteiger partial charge in [-0.15, -0.1) is 10.2 Å². The van der Waals surface area contributed by atoms with Gasteiger partial charge in [0.2, 0.25) is 11.8 Å². The summed E-state index contributed by atoms with van der Waals surface area (Å²) in [6.07, 6.45) is 2.19. The molecule has 0 aliphatic heterocycles. The fourth-order valence-corrected chi connectivity index (χ4v) is 3.91. The van der Waals surface area contributed by atoms with E-state index in [1.807, 2.05) is 11.5 Å². The lowest BCUT2D eigenvalue weighted by Gasteiger charge is -2.09. The number of aromatic nitrogens is 3. The van der Waals surface area contributed by atoms with Crippen molar-refractivity contribution in [2.75, 3.05) is 12.4 Å². The van der Waals surface area contributed by atoms with Crippen LogP contribution in [0.15, 0.2) is 46.2 Å². The highest BCUT2D eigenvalue weighted by molar-refractivity contribution is 7.99. The Morgan fingerprint density at radius 3 is 2.72 bits per heavy atom. The molecule has 0 aliphatic rings. The molecule has 0 fully saturated rings. The molecule has 12 heteroatoms. The van der Waals surface area contributed by atoms with E-state index >= 15 is 0 Å². The first-order chi connectivity index (χ1) is 15.5. The lowest BCUT2D eigenvalue weighted by atomic mass is 10.3. The van der Waals surface area contributed by atoms with Crippen LogP contribution in [0, 0.1) is 0 Å². The molecule has 2 amide bonds. The molecule has 0 bridgehead atoms. The summed E-state index contributed by atoms with van der Waals surface area (Å²) >= 11 is 13.1. The summed E-state index contributed by atoms with van der Waals surface area (Å²) in [5, 5.41) is 9.74. The molecule has 0 unspecified atom stereocenters. The number of benzene rings is 1. The Morgan fingerprint density at radius 2 is 2.00 bits per heavy atom. The zero-order valence-electron chi connectivity index (χ0n) is 17.1. The topological polar surface area (TPSA) is 111 Å². The Hall–Kier alpha value is -2.69. The molecule has 1 aromatic carbocycles. The molecule has 2 heterocycles. The third kappa shape index (κ3) is 6.65. The van der Waals surface area contributed by atoms with Gasteiger partial charge < -0.3 is 9.15 Å². The fourth-order valence-electron chi connectivity index (χ4n) is 2.64. The third-order valence-electron chi connectivity index (χ3n) is 4.15. The minimum atomic E-state index is -0.363. The summed E-state index contributed by atoms with van der Waals surface area (Å²) in [5.74, 6) is 1.07. The molecule has 2 N–H and O–H groups in total. The second-order valence-electron chi connectivity index (χ2n) is 6.44. The molecule has 0 spiro atoms. The largest absolute Gasteiger partial charge is 0.492 e. The van der Waals surface area contributed by atoms with Crippen LogP contribution in [0.5, 0.6) is 5.75 Å². The van der Waals surface area contributed by atoms with Crippen LogP contribution in [-0.4, -0.2) is 38.9 Å². The summed E-state index contributed by atoms with van der Waals surface area (Å²) in [7, 11) is 0. The van der Waals surface area contributed by atoms with Gasteiger partial charge in [0.1, 0.15) is 5.75 Å². The van der Waals surface area contributed by atoms with Gasteiger partial charge in [0.15, 0.2) is 16.7 Å². The molecule has 2 aromatic heterocycles. The van der Waals surface area contributed by atoms with Crippen molar-refractivity contribution >= 4 is 46.8 Å². The molecule has 32 heavy (non-hydrogen) atoms. The van der Waals surface area contributed by atoms with Crippen LogP contribution >= 0.6 is 35.0 Å². The van der Waals surface area contributed by atoms with Crippen LogP contribution in [0.1, 0.15) is 19.8 Å². The number of rotatable bonds is 10. The van der Waals surface area contributed by atoms with Crippen molar-refractivity contribution in [3.63, 3.8) is 0 Å². The number of carbonyl (C=O) groups excluding carboxylic acids is 2. The molecule has 9 nitrogen and oxygen atoms in total. The Balaban J connectivity index is 1.35. The van der Waals surface area contributed by atoms with E-state index in [1.165, 1.54) is 11.8 Å². The molecular formula is C20H21Cl2N5O4S. The first kappa shape index (κ1) is 24.0. The first-order valence-corrected chi connectivity index (χ1v) is 11.5. The van der Waals surface area contributed by atoms with E-state index in [4.69, 9.17) is 32.4 Å². The molecule has 0 saturated carbocycles. The quantitative estimate of drug-likeness (QED) is 0.247. The standard InChI is InChI=1S/C20H21Cl2N5O4S/c1-2-27-19(16-5-3-9-31-16)25-26-20(27)32-12-18(29)24-23-17(28)6-4-10-30-15-8-7-13(21)11-14(15)22/h3,5,7-9,11H,2,4,6,10,12H2,1H3,(H,23,28)(H,24,29). The smallest absolute Gasteiger partial charge is 0.248 e. The zero-order chi connectivity index (χ0) is 22.9. The van der Waals surface area contributed by atoms with Crippen molar-refractivity contribution in [1.29, 1.82) is 0 Å². The Bertz CT molecular complexity index is 1060. The number of thioether (sulfide) groups is 1. The van der Waals surface area contributed by atoms with E-state index in [0.29, 0.717) is 52.1 Å². The summed E-state index contributed by atoms with van der Waals surface area (Å²) < 4.78 is 12.7. The van der Waals surface area contributed by atoms with Gasteiger partial charge in [-0.25, -0.2) is 0 Å². The Labute approximate surface area is 198 Å². The van der Waals surface area contributed by atoms with Crippen LogP contribution in [0.2, 0.25) is 10.0 Å². The summed E-state index contributed by atoms with van der Waals surface area (Å²) in [6, 6.07) is 8.48. The molecular weight excluding hydrogens is 477 g/mol.